The molecule has 13 heavy (non-hydrogen) atoms. The molecule has 1 saturated carbocycles. The second kappa shape index (κ2) is 3.83. The Kier molecular flexibility index (Phi) is 2.73. The van der Waals surface area contributed by atoms with E-state index in [-0.39, 0.29) is 6.10 Å². The van der Waals surface area contributed by atoms with Gasteiger partial charge in [0.05, 0.1) is 6.10 Å². The van der Waals surface area contributed by atoms with Crippen LogP contribution in [0.4, 0.5) is 0 Å². The van der Waals surface area contributed by atoms with Gasteiger partial charge in [0.2, 0.25) is 0 Å². The molecule has 74 valence electrons. The minimum absolute atomic E-state index is 0.0888. The van der Waals surface area contributed by atoms with Gasteiger partial charge in [-0.25, -0.2) is 0 Å². The van der Waals surface area contributed by atoms with Crippen molar-refractivity contribution in [1.29, 1.82) is 0 Å². The van der Waals surface area contributed by atoms with Crippen molar-refractivity contribution in [3.63, 3.8) is 0 Å². The molecule has 0 amide bonds. The molecule has 0 aliphatic heterocycles. The summed E-state index contributed by atoms with van der Waals surface area (Å²) in [6, 6.07) is 0. The van der Waals surface area contributed by atoms with Crippen molar-refractivity contribution < 1.29 is 5.11 Å². The largest absolute Gasteiger partial charge is 0.388 e. The molecule has 2 atom stereocenters. The zero-order valence-corrected chi connectivity index (χ0v) is 8.55. The summed E-state index contributed by atoms with van der Waals surface area (Å²) in [5.41, 5.74) is 2.86. The number of aliphatic hydroxyl groups excluding tert-OH is 1. The van der Waals surface area contributed by atoms with Crippen LogP contribution in [0.1, 0.15) is 51.9 Å². The molecule has 0 aromatic carbocycles. The van der Waals surface area contributed by atoms with Crippen LogP contribution in [0.5, 0.6) is 0 Å². The number of fused-ring (bicyclic) bond motifs is 2. The summed E-state index contributed by atoms with van der Waals surface area (Å²) in [6.45, 7) is 2.20. The van der Waals surface area contributed by atoms with Crippen LogP contribution in [0.25, 0.3) is 0 Å². The number of aliphatic hydroxyl groups is 1. The molecule has 1 N–H and O–H groups in total. The van der Waals surface area contributed by atoms with Gasteiger partial charge in [0.15, 0.2) is 0 Å². The van der Waals surface area contributed by atoms with Gasteiger partial charge >= 0.3 is 0 Å². The molecule has 2 bridgehead atoms. The topological polar surface area (TPSA) is 20.2 Å². The van der Waals surface area contributed by atoms with E-state index in [1.54, 1.807) is 0 Å². The smallest absolute Gasteiger partial charge is 0.0780 e. The van der Waals surface area contributed by atoms with E-state index in [1.165, 1.54) is 49.7 Å². The Hall–Kier alpha value is -0.300. The molecule has 2 unspecified atom stereocenters. The van der Waals surface area contributed by atoms with Crippen molar-refractivity contribution >= 4 is 0 Å². The van der Waals surface area contributed by atoms with Crippen molar-refractivity contribution in [1.82, 2.24) is 0 Å². The maximum absolute atomic E-state index is 10.1. The highest BCUT2D eigenvalue weighted by Gasteiger charge is 2.28. The van der Waals surface area contributed by atoms with Gasteiger partial charge in [-0.2, -0.15) is 0 Å². The Labute approximate surface area is 80.8 Å². The summed E-state index contributed by atoms with van der Waals surface area (Å²) in [6.07, 6.45) is 8.74. The highest BCUT2D eigenvalue weighted by atomic mass is 16.3. The molecule has 0 radical (unpaired) electrons. The van der Waals surface area contributed by atoms with Crippen molar-refractivity contribution in [2.24, 2.45) is 5.92 Å². The standard InChI is InChI=1S/C12H20O/c1-9-7-8-10-5-3-2-4-6-11(9)12(10)13/h10,12-13H,2-8H2,1H3. The first-order valence-electron chi connectivity index (χ1n) is 5.65. The van der Waals surface area contributed by atoms with Gasteiger partial charge in [0.1, 0.15) is 0 Å². The zero-order valence-electron chi connectivity index (χ0n) is 8.55. The summed E-state index contributed by atoms with van der Waals surface area (Å²) in [5.74, 6) is 0.582. The van der Waals surface area contributed by atoms with Crippen molar-refractivity contribution in [3.05, 3.63) is 11.1 Å². The molecule has 0 saturated heterocycles. The Morgan fingerprint density at radius 1 is 1.08 bits per heavy atom. The van der Waals surface area contributed by atoms with E-state index < -0.39 is 0 Å². The van der Waals surface area contributed by atoms with Crippen LogP contribution in [0, 0.1) is 5.92 Å². The number of hydrogen-bond donors (Lipinski definition) is 1. The molecular formula is C12H20O. The number of hydrogen-bond acceptors (Lipinski definition) is 1. The fraction of sp³-hybridized carbons (Fsp3) is 0.833. The van der Waals surface area contributed by atoms with Gasteiger partial charge in [-0.3, -0.25) is 0 Å². The lowest BCUT2D eigenvalue weighted by molar-refractivity contribution is 0.109. The molecule has 0 aromatic heterocycles. The molecule has 2 aliphatic carbocycles. The van der Waals surface area contributed by atoms with Crippen molar-refractivity contribution in [2.45, 2.75) is 58.0 Å². The predicted molar refractivity (Wildman–Crippen MR) is 54.5 cm³/mol. The number of allylic oxidation sites excluding steroid dienone is 1. The van der Waals surface area contributed by atoms with Crippen molar-refractivity contribution in [2.75, 3.05) is 0 Å². The van der Waals surface area contributed by atoms with Gasteiger partial charge < -0.3 is 5.11 Å². The molecule has 1 fully saturated rings. The van der Waals surface area contributed by atoms with E-state index in [0.29, 0.717) is 5.92 Å². The van der Waals surface area contributed by atoms with Gasteiger partial charge in [-0.05, 0) is 50.5 Å². The summed E-state index contributed by atoms with van der Waals surface area (Å²) < 4.78 is 0. The van der Waals surface area contributed by atoms with Crippen molar-refractivity contribution in [3.8, 4) is 0 Å². The summed E-state index contributed by atoms with van der Waals surface area (Å²) in [7, 11) is 0. The molecule has 0 aromatic rings. The fourth-order valence-electron chi connectivity index (χ4n) is 2.82. The van der Waals surface area contributed by atoms with E-state index in [1.807, 2.05) is 0 Å². The van der Waals surface area contributed by atoms with Crippen LogP contribution in [0.3, 0.4) is 0 Å². The van der Waals surface area contributed by atoms with Crippen LogP contribution < -0.4 is 0 Å². The Balaban J connectivity index is 2.20. The van der Waals surface area contributed by atoms with Crippen LogP contribution >= 0.6 is 0 Å². The van der Waals surface area contributed by atoms with Gasteiger partial charge in [-0.15, -0.1) is 0 Å². The normalized spacial score (nSPS) is 35.5. The molecule has 1 heteroatoms. The fourth-order valence-corrected chi connectivity index (χ4v) is 2.82. The average molecular weight is 180 g/mol. The first-order valence-corrected chi connectivity index (χ1v) is 5.65. The van der Waals surface area contributed by atoms with Gasteiger partial charge in [-0.1, -0.05) is 18.4 Å². The Bertz CT molecular complexity index is 217. The third-order valence-corrected chi connectivity index (χ3v) is 3.76. The minimum atomic E-state index is -0.0888. The molecule has 2 rings (SSSR count). The Morgan fingerprint density at radius 3 is 2.77 bits per heavy atom. The predicted octanol–water partition coefficient (Wildman–Crippen LogP) is 3.04. The quantitative estimate of drug-likeness (QED) is 0.568. The third-order valence-electron chi connectivity index (χ3n) is 3.76. The third kappa shape index (κ3) is 1.80. The van der Waals surface area contributed by atoms with Crippen LogP contribution in [0.2, 0.25) is 0 Å². The van der Waals surface area contributed by atoms with E-state index in [9.17, 15) is 5.11 Å². The van der Waals surface area contributed by atoms with Gasteiger partial charge in [0, 0.05) is 0 Å². The van der Waals surface area contributed by atoms with E-state index >= 15 is 0 Å². The molecule has 0 spiro atoms. The molecule has 0 heterocycles. The van der Waals surface area contributed by atoms with Gasteiger partial charge in [0.25, 0.3) is 0 Å². The maximum Gasteiger partial charge on any atom is 0.0780 e. The highest BCUT2D eigenvalue weighted by Crippen LogP contribution is 2.37. The minimum Gasteiger partial charge on any atom is -0.388 e. The SMILES string of the molecule is CC1=C2CCCCCC(CC1)C2O. The van der Waals surface area contributed by atoms with Crippen LogP contribution in [-0.4, -0.2) is 11.2 Å². The molecular weight excluding hydrogens is 160 g/mol. The highest BCUT2D eigenvalue weighted by molar-refractivity contribution is 5.21. The number of rotatable bonds is 0. The average Bonchev–Trinajstić information content (AvgIpc) is 2.11. The lowest BCUT2D eigenvalue weighted by Gasteiger charge is -2.33. The lowest BCUT2D eigenvalue weighted by atomic mass is 9.76. The summed E-state index contributed by atoms with van der Waals surface area (Å²) in [4.78, 5) is 0. The Morgan fingerprint density at radius 2 is 1.92 bits per heavy atom. The van der Waals surface area contributed by atoms with Crippen LogP contribution in [0.15, 0.2) is 11.1 Å². The second-order valence-electron chi connectivity index (χ2n) is 4.65. The van der Waals surface area contributed by atoms with E-state index in [4.69, 9.17) is 0 Å². The van der Waals surface area contributed by atoms with E-state index in [2.05, 4.69) is 6.92 Å². The monoisotopic (exact) mass is 180 g/mol. The summed E-state index contributed by atoms with van der Waals surface area (Å²) >= 11 is 0. The first kappa shape index (κ1) is 9.26. The zero-order chi connectivity index (χ0) is 9.26. The first-order chi connectivity index (χ1) is 6.29. The molecule has 2 aliphatic rings. The molecule has 1 nitrogen and oxygen atoms in total. The lowest BCUT2D eigenvalue weighted by Crippen LogP contribution is -2.28. The second-order valence-corrected chi connectivity index (χ2v) is 4.65. The van der Waals surface area contributed by atoms with Crippen LogP contribution in [-0.2, 0) is 0 Å². The summed E-state index contributed by atoms with van der Waals surface area (Å²) in [5, 5.41) is 10.1. The van der Waals surface area contributed by atoms with E-state index in [0.717, 1.165) is 6.42 Å². The maximum atomic E-state index is 10.1.